The van der Waals surface area contributed by atoms with Gasteiger partial charge >= 0.3 is 5.97 Å². The smallest absolute Gasteiger partial charge is 0.338 e. The third kappa shape index (κ3) is 2.76. The SMILES string of the molecule is COC(=O)c1ccccc1C(=O)N1CCC(OC)C1. The molecule has 1 heterocycles. The molecule has 1 aliphatic rings. The number of ether oxygens (including phenoxy) is 2. The van der Waals surface area contributed by atoms with Gasteiger partial charge in [0.1, 0.15) is 0 Å². The van der Waals surface area contributed by atoms with Gasteiger partial charge in [0, 0.05) is 20.2 Å². The van der Waals surface area contributed by atoms with E-state index in [4.69, 9.17) is 9.47 Å². The number of hydrogen-bond acceptors (Lipinski definition) is 4. The van der Waals surface area contributed by atoms with Crippen molar-refractivity contribution in [2.45, 2.75) is 12.5 Å². The normalized spacial score (nSPS) is 18.4. The van der Waals surface area contributed by atoms with Gasteiger partial charge in [0.2, 0.25) is 0 Å². The first-order valence-electron chi connectivity index (χ1n) is 6.16. The van der Waals surface area contributed by atoms with Crippen LogP contribution in [0, 0.1) is 0 Å². The predicted molar refractivity (Wildman–Crippen MR) is 69.1 cm³/mol. The van der Waals surface area contributed by atoms with E-state index in [2.05, 4.69) is 0 Å². The molecule has 0 aliphatic carbocycles. The lowest BCUT2D eigenvalue weighted by Gasteiger charge is -2.17. The zero-order valence-corrected chi connectivity index (χ0v) is 11.1. The Kier molecular flexibility index (Phi) is 4.16. The molecule has 1 unspecified atom stereocenters. The third-order valence-electron chi connectivity index (χ3n) is 3.33. The van der Waals surface area contributed by atoms with E-state index >= 15 is 0 Å². The van der Waals surface area contributed by atoms with E-state index in [0.29, 0.717) is 24.2 Å². The number of hydrogen-bond donors (Lipinski definition) is 0. The van der Waals surface area contributed by atoms with Gasteiger partial charge in [-0.2, -0.15) is 0 Å². The number of nitrogens with zero attached hydrogens (tertiary/aromatic N) is 1. The minimum absolute atomic E-state index is 0.0780. The average molecular weight is 263 g/mol. The van der Waals surface area contributed by atoms with Crippen molar-refractivity contribution in [3.8, 4) is 0 Å². The quantitative estimate of drug-likeness (QED) is 0.772. The van der Waals surface area contributed by atoms with Crippen molar-refractivity contribution in [2.24, 2.45) is 0 Å². The van der Waals surface area contributed by atoms with Crippen LogP contribution in [0.1, 0.15) is 27.1 Å². The molecule has 1 aromatic carbocycles. The Hall–Kier alpha value is -1.88. The molecule has 1 fully saturated rings. The van der Waals surface area contributed by atoms with Crippen molar-refractivity contribution >= 4 is 11.9 Å². The summed E-state index contributed by atoms with van der Waals surface area (Å²) in [6.07, 6.45) is 0.900. The van der Waals surface area contributed by atoms with Crippen molar-refractivity contribution in [3.63, 3.8) is 0 Å². The molecule has 0 aromatic heterocycles. The highest BCUT2D eigenvalue weighted by atomic mass is 16.5. The standard InChI is InChI=1S/C14H17NO4/c1-18-10-7-8-15(9-10)13(16)11-5-3-4-6-12(11)14(17)19-2/h3-6,10H,7-9H2,1-2H3. The highest BCUT2D eigenvalue weighted by Crippen LogP contribution is 2.18. The highest BCUT2D eigenvalue weighted by molar-refractivity contribution is 6.05. The molecule has 5 nitrogen and oxygen atoms in total. The van der Waals surface area contributed by atoms with Crippen LogP contribution in [0.3, 0.4) is 0 Å². The van der Waals surface area contributed by atoms with Gasteiger partial charge < -0.3 is 14.4 Å². The number of esters is 1. The van der Waals surface area contributed by atoms with Crippen molar-refractivity contribution in [1.82, 2.24) is 4.90 Å². The van der Waals surface area contributed by atoms with Crippen molar-refractivity contribution in [2.75, 3.05) is 27.3 Å². The first-order valence-corrected chi connectivity index (χ1v) is 6.16. The summed E-state index contributed by atoms with van der Waals surface area (Å²) in [5.41, 5.74) is 0.682. The summed E-state index contributed by atoms with van der Waals surface area (Å²) in [7, 11) is 2.95. The summed E-state index contributed by atoms with van der Waals surface area (Å²) in [5, 5.41) is 0. The lowest BCUT2D eigenvalue weighted by Crippen LogP contribution is -2.31. The molecule has 19 heavy (non-hydrogen) atoms. The Morgan fingerprint density at radius 3 is 2.47 bits per heavy atom. The monoisotopic (exact) mass is 263 g/mol. The molecule has 1 amide bonds. The molecule has 0 bridgehead atoms. The van der Waals surface area contributed by atoms with Crippen molar-refractivity contribution in [3.05, 3.63) is 35.4 Å². The molecule has 5 heteroatoms. The topological polar surface area (TPSA) is 55.8 Å². The fourth-order valence-corrected chi connectivity index (χ4v) is 2.23. The van der Waals surface area contributed by atoms with E-state index in [1.54, 1.807) is 36.3 Å². The molecular formula is C14H17NO4. The molecule has 1 aliphatic heterocycles. The lowest BCUT2D eigenvalue weighted by molar-refractivity contribution is 0.0589. The Morgan fingerprint density at radius 1 is 1.21 bits per heavy atom. The van der Waals surface area contributed by atoms with Gasteiger partial charge in [-0.3, -0.25) is 4.79 Å². The van der Waals surface area contributed by atoms with Crippen LogP contribution in [0.15, 0.2) is 24.3 Å². The molecule has 1 atom stereocenters. The molecule has 1 aromatic rings. The molecule has 0 N–H and O–H groups in total. The maximum absolute atomic E-state index is 12.4. The van der Waals surface area contributed by atoms with Gasteiger partial charge in [-0.1, -0.05) is 12.1 Å². The Bertz CT molecular complexity index is 486. The third-order valence-corrected chi connectivity index (χ3v) is 3.33. The van der Waals surface area contributed by atoms with Crippen LogP contribution in [-0.2, 0) is 9.47 Å². The van der Waals surface area contributed by atoms with Gasteiger partial charge in [0.25, 0.3) is 5.91 Å². The number of amides is 1. The predicted octanol–water partition coefficient (Wildman–Crippen LogP) is 1.33. The highest BCUT2D eigenvalue weighted by Gasteiger charge is 2.28. The Balaban J connectivity index is 2.22. The van der Waals surface area contributed by atoms with Crippen molar-refractivity contribution < 1.29 is 19.1 Å². The van der Waals surface area contributed by atoms with Crippen LogP contribution >= 0.6 is 0 Å². The fraction of sp³-hybridized carbons (Fsp3) is 0.429. The van der Waals surface area contributed by atoms with E-state index in [9.17, 15) is 9.59 Å². The number of likely N-dealkylation sites (tertiary alicyclic amines) is 1. The first kappa shape index (κ1) is 13.5. The zero-order chi connectivity index (χ0) is 13.8. The lowest BCUT2D eigenvalue weighted by atomic mass is 10.1. The Labute approximate surface area is 112 Å². The summed E-state index contributed by atoms with van der Waals surface area (Å²) in [4.78, 5) is 25.8. The molecular weight excluding hydrogens is 246 g/mol. The van der Waals surface area contributed by atoms with E-state index in [0.717, 1.165) is 6.42 Å². The first-order chi connectivity index (χ1) is 9.17. The van der Waals surface area contributed by atoms with E-state index in [1.807, 2.05) is 0 Å². The van der Waals surface area contributed by atoms with Crippen molar-refractivity contribution in [1.29, 1.82) is 0 Å². The average Bonchev–Trinajstić information content (AvgIpc) is 2.94. The zero-order valence-electron chi connectivity index (χ0n) is 11.1. The van der Waals surface area contributed by atoms with Gasteiger partial charge in [0.05, 0.1) is 24.3 Å². The van der Waals surface area contributed by atoms with Crippen LogP contribution in [0.4, 0.5) is 0 Å². The van der Waals surface area contributed by atoms with Crippen LogP contribution in [0.25, 0.3) is 0 Å². The fourth-order valence-electron chi connectivity index (χ4n) is 2.23. The van der Waals surface area contributed by atoms with Crippen LogP contribution in [0.2, 0.25) is 0 Å². The largest absolute Gasteiger partial charge is 0.465 e. The minimum atomic E-state index is -0.494. The van der Waals surface area contributed by atoms with E-state index in [-0.39, 0.29) is 12.0 Å². The number of rotatable bonds is 3. The van der Waals surface area contributed by atoms with Gasteiger partial charge in [0.15, 0.2) is 0 Å². The summed E-state index contributed by atoms with van der Waals surface area (Å²) >= 11 is 0. The van der Waals surface area contributed by atoms with Crippen LogP contribution in [0.5, 0.6) is 0 Å². The van der Waals surface area contributed by atoms with Crippen LogP contribution in [-0.4, -0.2) is 50.2 Å². The number of benzene rings is 1. The maximum atomic E-state index is 12.4. The maximum Gasteiger partial charge on any atom is 0.338 e. The molecule has 1 saturated heterocycles. The van der Waals surface area contributed by atoms with Gasteiger partial charge in [-0.05, 0) is 18.6 Å². The molecule has 0 saturated carbocycles. The number of carbonyl (C=O) groups is 2. The van der Waals surface area contributed by atoms with E-state index < -0.39 is 5.97 Å². The summed E-state index contributed by atoms with van der Waals surface area (Å²) in [5.74, 6) is -0.646. The van der Waals surface area contributed by atoms with Gasteiger partial charge in [-0.15, -0.1) is 0 Å². The van der Waals surface area contributed by atoms with Gasteiger partial charge in [-0.25, -0.2) is 4.79 Å². The van der Waals surface area contributed by atoms with Crippen LogP contribution < -0.4 is 0 Å². The molecule has 0 spiro atoms. The summed E-state index contributed by atoms with van der Waals surface area (Å²) in [6.45, 7) is 1.21. The number of carbonyl (C=O) groups excluding carboxylic acids is 2. The Morgan fingerprint density at radius 2 is 1.89 bits per heavy atom. The second kappa shape index (κ2) is 5.84. The number of methoxy groups -OCH3 is 2. The summed E-state index contributed by atoms with van der Waals surface area (Å²) in [6, 6.07) is 6.70. The molecule has 0 radical (unpaired) electrons. The molecule has 2 rings (SSSR count). The molecule has 102 valence electrons. The second-order valence-electron chi connectivity index (χ2n) is 4.43. The van der Waals surface area contributed by atoms with E-state index in [1.165, 1.54) is 7.11 Å². The minimum Gasteiger partial charge on any atom is -0.465 e. The summed E-state index contributed by atoms with van der Waals surface area (Å²) < 4.78 is 9.94. The second-order valence-corrected chi connectivity index (χ2v) is 4.43.